The van der Waals surface area contributed by atoms with E-state index in [1.807, 2.05) is 0 Å². The lowest BCUT2D eigenvalue weighted by Crippen LogP contribution is -2.51. The van der Waals surface area contributed by atoms with Gasteiger partial charge in [0, 0.05) is 38.6 Å². The Morgan fingerprint density at radius 3 is 2.83 bits per heavy atom. The van der Waals surface area contributed by atoms with E-state index in [1.165, 1.54) is 20.3 Å². The molecule has 0 saturated carbocycles. The van der Waals surface area contributed by atoms with Gasteiger partial charge in [-0.25, -0.2) is 13.3 Å². The minimum absolute atomic E-state index is 0.0114. The molecule has 0 aromatic carbocycles. The molecule has 3 aromatic heterocycles. The molecule has 4 heterocycles. The lowest BCUT2D eigenvalue weighted by Gasteiger charge is -2.34. The van der Waals surface area contributed by atoms with Crippen LogP contribution in [-0.2, 0) is 7.05 Å². The molecule has 4 rings (SSSR count). The molecule has 2 amide bonds. The van der Waals surface area contributed by atoms with Crippen molar-refractivity contribution >= 4 is 29.1 Å². The summed E-state index contributed by atoms with van der Waals surface area (Å²) in [6.07, 6.45) is 1.88. The number of alkyl halides is 2. The van der Waals surface area contributed by atoms with Crippen LogP contribution < -0.4 is 10.2 Å². The second-order valence-electron chi connectivity index (χ2n) is 7.03. The second-order valence-corrected chi connectivity index (χ2v) is 7.03. The summed E-state index contributed by atoms with van der Waals surface area (Å²) < 4.78 is 28.4. The lowest BCUT2D eigenvalue weighted by atomic mass is 10.1. The first-order valence-corrected chi connectivity index (χ1v) is 9.27. The summed E-state index contributed by atoms with van der Waals surface area (Å²) in [4.78, 5) is 32.6. The molecule has 12 heteroatoms. The number of hydrogen-bond acceptors (Lipinski definition) is 6. The minimum atomic E-state index is -1.04. The van der Waals surface area contributed by atoms with Crippen molar-refractivity contribution in [2.75, 3.05) is 43.6 Å². The highest BCUT2D eigenvalue weighted by atomic mass is 19.1. The molecule has 0 unspecified atom stereocenters. The zero-order valence-electron chi connectivity index (χ0n) is 16.4. The lowest BCUT2D eigenvalue weighted by molar-refractivity contribution is 0.0398. The molecule has 1 N–H and O–H groups in total. The first kappa shape index (κ1) is 19.7. The molecule has 0 atom stereocenters. The fraction of sp³-hybridized carbons (Fsp3) is 0.389. The molecule has 0 spiro atoms. The van der Waals surface area contributed by atoms with Crippen molar-refractivity contribution in [1.29, 1.82) is 0 Å². The first-order valence-electron chi connectivity index (χ1n) is 9.27. The molecule has 3 aromatic rings. The molecular formula is C18H20F2N8O2. The van der Waals surface area contributed by atoms with Crippen LogP contribution >= 0.6 is 0 Å². The average Bonchev–Trinajstić information content (AvgIpc) is 3.28. The number of carbonyl (C=O) groups excluding carboxylic acids is 2. The quantitative estimate of drug-likeness (QED) is 0.639. The number of hydrogen-bond donors (Lipinski definition) is 1. The van der Waals surface area contributed by atoms with Gasteiger partial charge in [-0.2, -0.15) is 10.1 Å². The van der Waals surface area contributed by atoms with E-state index in [0.29, 0.717) is 17.3 Å². The predicted octanol–water partition coefficient (Wildman–Crippen LogP) is 0.915. The maximum Gasteiger partial charge on any atom is 0.274 e. The molecule has 1 aliphatic rings. The number of aryl methyl sites for hydroxylation is 1. The van der Waals surface area contributed by atoms with Crippen LogP contribution in [0.5, 0.6) is 0 Å². The summed E-state index contributed by atoms with van der Waals surface area (Å²) in [5.74, 6) is -0.610. The van der Waals surface area contributed by atoms with Crippen LogP contribution in [0, 0.1) is 0 Å². The molecule has 1 fully saturated rings. The van der Waals surface area contributed by atoms with Gasteiger partial charge in [-0.1, -0.05) is 0 Å². The van der Waals surface area contributed by atoms with Gasteiger partial charge in [-0.05, 0) is 6.07 Å². The zero-order valence-corrected chi connectivity index (χ0v) is 16.4. The van der Waals surface area contributed by atoms with Crippen LogP contribution in [0.15, 0.2) is 24.5 Å². The number of halogens is 2. The van der Waals surface area contributed by atoms with Gasteiger partial charge in [-0.3, -0.25) is 14.3 Å². The normalized spacial score (nSPS) is 14.1. The Morgan fingerprint density at radius 2 is 2.13 bits per heavy atom. The third-order valence-corrected chi connectivity index (χ3v) is 4.85. The second kappa shape index (κ2) is 7.69. The van der Waals surface area contributed by atoms with E-state index in [2.05, 4.69) is 20.5 Å². The predicted molar refractivity (Wildman–Crippen MR) is 104 cm³/mol. The number of likely N-dealkylation sites (tertiary alicyclic amines) is 1. The Balaban J connectivity index is 1.55. The van der Waals surface area contributed by atoms with Gasteiger partial charge >= 0.3 is 0 Å². The molecule has 158 valence electrons. The Morgan fingerprint density at radius 1 is 1.37 bits per heavy atom. The topological polar surface area (TPSA) is 101 Å². The number of nitrogens with zero attached hydrogens (tertiary/aromatic N) is 7. The Hall–Kier alpha value is -3.57. The van der Waals surface area contributed by atoms with Gasteiger partial charge in [0.05, 0.1) is 24.8 Å². The number of anilines is 2. The summed E-state index contributed by atoms with van der Waals surface area (Å²) in [7, 11) is 3.23. The standard InChI is InChI=1S/C18H20F2N8O2/c1-25(6-4-19)18-23-14-7-12(3-5-28(14)24-18)22-16(29)15-13(8-21-26(15)2)17(30)27-9-11(20)10-27/h3,5,7-8,11H,4,6,9-10H2,1-2H3,(H,22,29). The Bertz CT molecular complexity index is 1100. The maximum atomic E-state index is 13.1. The van der Waals surface area contributed by atoms with E-state index in [4.69, 9.17) is 0 Å². The monoisotopic (exact) mass is 418 g/mol. The molecule has 0 bridgehead atoms. The Labute approximate surface area is 170 Å². The van der Waals surface area contributed by atoms with Crippen LogP contribution in [0.1, 0.15) is 20.8 Å². The van der Waals surface area contributed by atoms with Gasteiger partial charge in [0.1, 0.15) is 18.5 Å². The van der Waals surface area contributed by atoms with Gasteiger partial charge < -0.3 is 15.1 Å². The summed E-state index contributed by atoms with van der Waals surface area (Å²) in [6, 6.07) is 3.23. The molecule has 10 nitrogen and oxygen atoms in total. The third kappa shape index (κ3) is 3.55. The van der Waals surface area contributed by atoms with Crippen LogP contribution in [0.2, 0.25) is 0 Å². The van der Waals surface area contributed by atoms with Crippen LogP contribution in [0.4, 0.5) is 20.4 Å². The van der Waals surface area contributed by atoms with Crippen LogP contribution in [0.3, 0.4) is 0 Å². The molecule has 1 saturated heterocycles. The first-order chi connectivity index (χ1) is 14.4. The van der Waals surface area contributed by atoms with Gasteiger partial charge in [-0.15, -0.1) is 5.10 Å². The molecule has 30 heavy (non-hydrogen) atoms. The van der Waals surface area contributed by atoms with E-state index < -0.39 is 24.7 Å². The highest BCUT2D eigenvalue weighted by Gasteiger charge is 2.34. The highest BCUT2D eigenvalue weighted by Crippen LogP contribution is 2.20. The highest BCUT2D eigenvalue weighted by molar-refractivity contribution is 6.11. The van der Waals surface area contributed by atoms with E-state index in [-0.39, 0.29) is 30.9 Å². The SMILES string of the molecule is CN(CCF)c1nc2cc(NC(=O)c3c(C(=O)N4CC(F)C4)cnn3C)ccn2n1. The number of aromatic nitrogens is 5. The minimum Gasteiger partial charge on any atom is -0.340 e. The number of carbonyl (C=O) groups is 2. The summed E-state index contributed by atoms with van der Waals surface area (Å²) in [6.45, 7) is -0.338. The van der Waals surface area contributed by atoms with Crippen molar-refractivity contribution < 1.29 is 18.4 Å². The zero-order chi connectivity index (χ0) is 21.4. The van der Waals surface area contributed by atoms with E-state index in [1.54, 1.807) is 37.3 Å². The average molecular weight is 418 g/mol. The van der Waals surface area contributed by atoms with Crippen molar-refractivity contribution in [2.45, 2.75) is 6.17 Å². The van der Waals surface area contributed by atoms with Crippen molar-refractivity contribution in [3.05, 3.63) is 35.8 Å². The fourth-order valence-corrected chi connectivity index (χ4v) is 3.15. The van der Waals surface area contributed by atoms with Crippen molar-refractivity contribution in [2.24, 2.45) is 7.05 Å². The van der Waals surface area contributed by atoms with Crippen molar-refractivity contribution in [3.8, 4) is 0 Å². The summed E-state index contributed by atoms with van der Waals surface area (Å²) >= 11 is 0. The van der Waals surface area contributed by atoms with Crippen molar-refractivity contribution in [3.63, 3.8) is 0 Å². The number of fused-ring (bicyclic) bond motifs is 1. The van der Waals surface area contributed by atoms with Crippen LogP contribution in [0.25, 0.3) is 5.65 Å². The number of rotatable bonds is 6. The summed E-state index contributed by atoms with van der Waals surface area (Å²) in [5, 5.41) is 11.0. The van der Waals surface area contributed by atoms with Crippen LogP contribution in [-0.4, -0.2) is 80.6 Å². The number of pyridine rings is 1. The maximum absolute atomic E-state index is 13.1. The molecule has 0 aliphatic carbocycles. The van der Waals surface area contributed by atoms with E-state index >= 15 is 0 Å². The van der Waals surface area contributed by atoms with Crippen molar-refractivity contribution in [1.82, 2.24) is 29.3 Å². The molecule has 1 aliphatic heterocycles. The largest absolute Gasteiger partial charge is 0.340 e. The van der Waals surface area contributed by atoms with Gasteiger partial charge in [0.2, 0.25) is 5.95 Å². The van der Waals surface area contributed by atoms with E-state index in [0.717, 1.165) is 0 Å². The van der Waals surface area contributed by atoms with E-state index in [9.17, 15) is 18.4 Å². The summed E-state index contributed by atoms with van der Waals surface area (Å²) in [5.41, 5.74) is 1.09. The number of nitrogens with one attached hydrogen (secondary N) is 1. The molecular weight excluding hydrogens is 398 g/mol. The van der Waals surface area contributed by atoms with Gasteiger partial charge in [0.15, 0.2) is 5.65 Å². The molecule has 0 radical (unpaired) electrons. The smallest absolute Gasteiger partial charge is 0.274 e. The Kier molecular flexibility index (Phi) is 5.06. The third-order valence-electron chi connectivity index (χ3n) is 4.85. The van der Waals surface area contributed by atoms with Gasteiger partial charge in [0.25, 0.3) is 11.8 Å². The number of amides is 2. The fourth-order valence-electron chi connectivity index (χ4n) is 3.15.